The van der Waals surface area contributed by atoms with Gasteiger partial charge >= 0.3 is 11.9 Å². The van der Waals surface area contributed by atoms with Gasteiger partial charge in [-0.05, 0) is 12.8 Å². The van der Waals surface area contributed by atoms with E-state index < -0.39 is 6.10 Å². The van der Waals surface area contributed by atoms with Gasteiger partial charge in [0.25, 0.3) is 0 Å². The van der Waals surface area contributed by atoms with E-state index in [1.807, 2.05) is 0 Å². The lowest BCUT2D eigenvalue weighted by molar-refractivity contribution is -0.161. The minimum atomic E-state index is -0.752. The molecule has 0 fully saturated rings. The zero-order valence-electron chi connectivity index (χ0n) is 14.8. The number of rotatable bonds is 15. The van der Waals surface area contributed by atoms with Gasteiger partial charge in [-0.25, -0.2) is 0 Å². The van der Waals surface area contributed by atoms with E-state index in [2.05, 4.69) is 13.8 Å². The molecule has 23 heavy (non-hydrogen) atoms. The molecule has 1 atom stereocenters. The summed E-state index contributed by atoms with van der Waals surface area (Å²) in [5.74, 6) is -0.630. The predicted molar refractivity (Wildman–Crippen MR) is 90.1 cm³/mol. The maximum atomic E-state index is 11.6. The van der Waals surface area contributed by atoms with E-state index in [1.54, 1.807) is 0 Å². The Morgan fingerprint density at radius 1 is 0.826 bits per heavy atom. The number of aliphatic hydroxyl groups is 1. The van der Waals surface area contributed by atoms with Crippen molar-refractivity contribution in [2.24, 2.45) is 0 Å². The molecule has 0 spiro atoms. The van der Waals surface area contributed by atoms with Gasteiger partial charge in [-0.2, -0.15) is 0 Å². The van der Waals surface area contributed by atoms with Crippen molar-refractivity contribution in [3.8, 4) is 0 Å². The summed E-state index contributed by atoms with van der Waals surface area (Å²) in [6.07, 6.45) is 9.34. The predicted octanol–water partition coefficient (Wildman–Crippen LogP) is 3.76. The zero-order valence-corrected chi connectivity index (χ0v) is 14.8. The van der Waals surface area contributed by atoms with Crippen LogP contribution < -0.4 is 0 Å². The second-order valence-corrected chi connectivity index (χ2v) is 5.95. The number of carbonyl (C=O) groups excluding carboxylic acids is 2. The van der Waals surface area contributed by atoms with Crippen LogP contribution in [0, 0.1) is 0 Å². The molecule has 0 aromatic carbocycles. The number of hydrogen-bond acceptors (Lipinski definition) is 5. The third-order valence-electron chi connectivity index (χ3n) is 3.65. The van der Waals surface area contributed by atoms with Crippen molar-refractivity contribution in [1.82, 2.24) is 0 Å². The smallest absolute Gasteiger partial charge is 0.306 e. The SMILES string of the molecule is CCCCCCCC(=O)OC[C@H](CO)OC(=O)CCCCCC. The second kappa shape index (κ2) is 15.8. The van der Waals surface area contributed by atoms with Crippen LogP contribution >= 0.6 is 0 Å². The van der Waals surface area contributed by atoms with Gasteiger partial charge in [0.05, 0.1) is 6.61 Å². The number of aliphatic hydroxyl groups excluding tert-OH is 1. The lowest BCUT2D eigenvalue weighted by Crippen LogP contribution is -2.28. The van der Waals surface area contributed by atoms with E-state index in [4.69, 9.17) is 9.47 Å². The van der Waals surface area contributed by atoms with Crippen LogP contribution in [0.5, 0.6) is 0 Å². The van der Waals surface area contributed by atoms with Crippen molar-refractivity contribution in [2.45, 2.75) is 90.6 Å². The Kier molecular flexibility index (Phi) is 15.0. The van der Waals surface area contributed by atoms with Crippen LogP contribution in [-0.2, 0) is 19.1 Å². The van der Waals surface area contributed by atoms with Crippen molar-refractivity contribution in [1.29, 1.82) is 0 Å². The van der Waals surface area contributed by atoms with Gasteiger partial charge in [0.1, 0.15) is 6.61 Å². The molecule has 0 radical (unpaired) electrons. The van der Waals surface area contributed by atoms with Crippen LogP contribution in [0.25, 0.3) is 0 Å². The molecule has 5 nitrogen and oxygen atoms in total. The quantitative estimate of drug-likeness (QED) is 0.365. The largest absolute Gasteiger partial charge is 0.462 e. The highest BCUT2D eigenvalue weighted by atomic mass is 16.6. The first-order valence-corrected chi connectivity index (χ1v) is 9.09. The Morgan fingerprint density at radius 3 is 1.91 bits per heavy atom. The average molecular weight is 330 g/mol. The molecule has 0 aromatic rings. The monoisotopic (exact) mass is 330 g/mol. The van der Waals surface area contributed by atoms with Crippen LogP contribution in [0.4, 0.5) is 0 Å². The molecule has 1 N–H and O–H groups in total. The summed E-state index contributed by atoms with van der Waals surface area (Å²) < 4.78 is 10.2. The van der Waals surface area contributed by atoms with Crippen LogP contribution in [0.15, 0.2) is 0 Å². The Balaban J connectivity index is 3.74. The van der Waals surface area contributed by atoms with E-state index >= 15 is 0 Å². The highest BCUT2D eigenvalue weighted by Crippen LogP contribution is 2.07. The molecule has 0 aliphatic heterocycles. The summed E-state index contributed by atoms with van der Waals surface area (Å²) in [5, 5.41) is 9.20. The molecule has 0 saturated heterocycles. The molecular formula is C18H34O5. The molecule has 0 aromatic heterocycles. The first kappa shape index (κ1) is 21.9. The topological polar surface area (TPSA) is 72.8 Å². The first-order valence-electron chi connectivity index (χ1n) is 9.09. The molecule has 0 unspecified atom stereocenters. The van der Waals surface area contributed by atoms with Gasteiger partial charge in [0.2, 0.25) is 0 Å². The van der Waals surface area contributed by atoms with Crippen LogP contribution in [0.2, 0.25) is 0 Å². The van der Waals surface area contributed by atoms with Gasteiger partial charge in [0.15, 0.2) is 6.10 Å². The summed E-state index contributed by atoms with van der Waals surface area (Å²) in [6.45, 7) is 3.86. The summed E-state index contributed by atoms with van der Waals surface area (Å²) in [7, 11) is 0. The number of ether oxygens (including phenoxy) is 2. The zero-order chi connectivity index (χ0) is 17.3. The third-order valence-corrected chi connectivity index (χ3v) is 3.65. The molecule has 5 heteroatoms. The van der Waals surface area contributed by atoms with E-state index in [1.165, 1.54) is 12.8 Å². The highest BCUT2D eigenvalue weighted by molar-refractivity contribution is 5.70. The average Bonchev–Trinajstić information content (AvgIpc) is 2.55. The van der Waals surface area contributed by atoms with E-state index in [0.717, 1.165) is 44.9 Å². The Hall–Kier alpha value is -1.10. The summed E-state index contributed by atoms with van der Waals surface area (Å²) in [6, 6.07) is 0. The standard InChI is InChI=1S/C18H34O5/c1-3-5-7-9-11-12-17(20)22-15-16(14-19)23-18(21)13-10-8-6-4-2/h16,19H,3-15H2,1-2H3/t16-/m0/s1. The molecule has 0 heterocycles. The lowest BCUT2D eigenvalue weighted by atomic mass is 10.1. The fourth-order valence-electron chi connectivity index (χ4n) is 2.20. The Bertz CT molecular complexity index is 304. The molecule has 0 aliphatic rings. The molecule has 136 valence electrons. The summed E-state index contributed by atoms with van der Waals surface area (Å²) in [4.78, 5) is 23.2. The second-order valence-electron chi connectivity index (χ2n) is 5.95. The van der Waals surface area contributed by atoms with E-state index in [-0.39, 0.29) is 25.2 Å². The van der Waals surface area contributed by atoms with Gasteiger partial charge in [0, 0.05) is 12.8 Å². The van der Waals surface area contributed by atoms with Crippen molar-refractivity contribution in [2.75, 3.05) is 13.2 Å². The van der Waals surface area contributed by atoms with Gasteiger partial charge in [-0.15, -0.1) is 0 Å². The van der Waals surface area contributed by atoms with Crippen LogP contribution in [0.3, 0.4) is 0 Å². The maximum Gasteiger partial charge on any atom is 0.306 e. The fourth-order valence-corrected chi connectivity index (χ4v) is 2.20. The van der Waals surface area contributed by atoms with Gasteiger partial charge in [-0.1, -0.05) is 58.8 Å². The molecule has 0 rings (SSSR count). The Labute approximate surface area is 140 Å². The van der Waals surface area contributed by atoms with Crippen LogP contribution in [-0.4, -0.2) is 36.4 Å². The van der Waals surface area contributed by atoms with Gasteiger partial charge in [-0.3, -0.25) is 9.59 Å². The van der Waals surface area contributed by atoms with Crippen molar-refractivity contribution in [3.63, 3.8) is 0 Å². The molecule has 0 bridgehead atoms. The molecule has 0 aliphatic carbocycles. The summed E-state index contributed by atoms with van der Waals surface area (Å²) >= 11 is 0. The van der Waals surface area contributed by atoms with Gasteiger partial charge < -0.3 is 14.6 Å². The number of esters is 2. The molecular weight excluding hydrogens is 296 g/mol. The number of unbranched alkanes of at least 4 members (excludes halogenated alkanes) is 7. The molecule has 0 saturated carbocycles. The van der Waals surface area contributed by atoms with Crippen molar-refractivity contribution < 1.29 is 24.2 Å². The lowest BCUT2D eigenvalue weighted by Gasteiger charge is -2.15. The number of hydrogen-bond donors (Lipinski definition) is 1. The maximum absolute atomic E-state index is 11.6. The van der Waals surface area contributed by atoms with E-state index in [9.17, 15) is 14.7 Å². The minimum absolute atomic E-state index is 0.0645. The normalized spacial score (nSPS) is 12.0. The third kappa shape index (κ3) is 14.2. The van der Waals surface area contributed by atoms with Crippen molar-refractivity contribution >= 4 is 11.9 Å². The van der Waals surface area contributed by atoms with E-state index in [0.29, 0.717) is 12.8 Å². The number of carbonyl (C=O) groups is 2. The Morgan fingerprint density at radius 2 is 1.35 bits per heavy atom. The van der Waals surface area contributed by atoms with Crippen molar-refractivity contribution in [3.05, 3.63) is 0 Å². The summed E-state index contributed by atoms with van der Waals surface area (Å²) in [5.41, 5.74) is 0. The molecule has 0 amide bonds. The first-order chi connectivity index (χ1) is 11.1. The van der Waals surface area contributed by atoms with Crippen LogP contribution in [0.1, 0.15) is 84.5 Å². The highest BCUT2D eigenvalue weighted by Gasteiger charge is 2.15. The minimum Gasteiger partial charge on any atom is -0.462 e. The fraction of sp³-hybridized carbons (Fsp3) is 0.889.